The molecule has 3 aliphatic heterocycles. The van der Waals surface area contributed by atoms with Crippen LogP contribution >= 0.6 is 0 Å². The van der Waals surface area contributed by atoms with Crippen LogP contribution < -0.4 is 14.4 Å². The average Bonchev–Trinajstić information content (AvgIpc) is 2.97. The molecule has 3 aromatic carbocycles. The van der Waals surface area contributed by atoms with Crippen molar-refractivity contribution in [1.82, 2.24) is 9.80 Å². The minimum atomic E-state index is -0.493. The Balaban J connectivity index is 1.38. The van der Waals surface area contributed by atoms with Crippen molar-refractivity contribution in [3.8, 4) is 11.5 Å². The second-order valence-corrected chi connectivity index (χ2v) is 11.3. The van der Waals surface area contributed by atoms with Crippen LogP contribution in [0.3, 0.4) is 0 Å². The van der Waals surface area contributed by atoms with Crippen LogP contribution in [0.15, 0.2) is 60.7 Å². The first-order chi connectivity index (χ1) is 19.9. The summed E-state index contributed by atoms with van der Waals surface area (Å²) in [5.41, 5.74) is 5.97. The highest BCUT2D eigenvalue weighted by atomic mass is 16.5. The molecule has 7 heteroatoms. The summed E-state index contributed by atoms with van der Waals surface area (Å²) in [7, 11) is 0. The van der Waals surface area contributed by atoms with Crippen molar-refractivity contribution in [1.29, 1.82) is 0 Å². The highest BCUT2D eigenvalue weighted by Gasteiger charge is 2.48. The van der Waals surface area contributed by atoms with Gasteiger partial charge in [-0.1, -0.05) is 30.3 Å². The number of fused-ring (bicyclic) bond motifs is 4. The molecule has 3 aromatic rings. The van der Waals surface area contributed by atoms with Gasteiger partial charge in [0.15, 0.2) is 11.5 Å². The molecule has 2 amide bonds. The molecule has 0 N–H and O–H groups in total. The van der Waals surface area contributed by atoms with Gasteiger partial charge in [0.2, 0.25) is 5.91 Å². The van der Waals surface area contributed by atoms with Gasteiger partial charge < -0.3 is 24.2 Å². The van der Waals surface area contributed by atoms with E-state index in [1.54, 1.807) is 0 Å². The minimum Gasteiger partial charge on any atom is -0.490 e. The number of benzene rings is 3. The van der Waals surface area contributed by atoms with E-state index in [2.05, 4.69) is 49.1 Å². The lowest BCUT2D eigenvalue weighted by Crippen LogP contribution is -2.57. The molecule has 3 atom stereocenters. The molecule has 3 unspecified atom stereocenters. The summed E-state index contributed by atoms with van der Waals surface area (Å²) >= 11 is 0. The standard InChI is InChI=1S/C34H39N3O4/c1-5-40-29-19-24-14-15-37-32(28(24)20-30(29)41-6-2)31(26-12-7-8-13-27(26)33(37)38)34(39)35-16-17-36(23(4)21-35)25-11-9-10-22(3)18-25/h7-13,18-20,23,31-32H,5-6,14-17,21H2,1-4H3. The SMILES string of the molecule is CCOc1cc2c(cc1OCC)C1C(C(=O)N3CCN(c4cccc(C)c4)C(C)C3)c3ccccc3C(=O)N1CC2. The Morgan fingerprint density at radius 2 is 1.63 bits per heavy atom. The molecule has 0 radical (unpaired) electrons. The summed E-state index contributed by atoms with van der Waals surface area (Å²) in [6, 6.07) is 20.1. The number of carbonyl (C=O) groups excluding carboxylic acids is 2. The zero-order valence-electron chi connectivity index (χ0n) is 24.4. The van der Waals surface area contributed by atoms with Crippen LogP contribution in [0.5, 0.6) is 11.5 Å². The topological polar surface area (TPSA) is 62.3 Å². The second-order valence-electron chi connectivity index (χ2n) is 11.3. The van der Waals surface area contributed by atoms with E-state index in [-0.39, 0.29) is 17.9 Å². The molecule has 41 heavy (non-hydrogen) atoms. The van der Waals surface area contributed by atoms with Gasteiger partial charge in [-0.15, -0.1) is 0 Å². The van der Waals surface area contributed by atoms with Crippen molar-refractivity contribution >= 4 is 17.5 Å². The van der Waals surface area contributed by atoms with Gasteiger partial charge in [0.05, 0.1) is 25.2 Å². The Kier molecular flexibility index (Phi) is 7.37. The third-order valence-corrected chi connectivity index (χ3v) is 8.72. The van der Waals surface area contributed by atoms with Gasteiger partial charge in [-0.3, -0.25) is 9.59 Å². The van der Waals surface area contributed by atoms with Crippen molar-refractivity contribution in [3.63, 3.8) is 0 Å². The Morgan fingerprint density at radius 3 is 2.37 bits per heavy atom. The van der Waals surface area contributed by atoms with Gasteiger partial charge in [0.1, 0.15) is 0 Å². The number of hydrogen-bond acceptors (Lipinski definition) is 5. The third-order valence-electron chi connectivity index (χ3n) is 8.72. The number of anilines is 1. The maximum atomic E-state index is 14.6. The zero-order valence-corrected chi connectivity index (χ0v) is 24.4. The first kappa shape index (κ1) is 27.2. The maximum Gasteiger partial charge on any atom is 0.254 e. The molecule has 3 heterocycles. The summed E-state index contributed by atoms with van der Waals surface area (Å²) in [6.45, 7) is 11.8. The normalized spacial score (nSPS) is 21.6. The molecule has 0 bridgehead atoms. The first-order valence-corrected chi connectivity index (χ1v) is 14.9. The smallest absolute Gasteiger partial charge is 0.254 e. The van der Waals surface area contributed by atoms with Crippen molar-refractivity contribution in [3.05, 3.63) is 88.5 Å². The highest BCUT2D eigenvalue weighted by Crippen LogP contribution is 2.49. The fourth-order valence-corrected chi connectivity index (χ4v) is 6.88. The van der Waals surface area contributed by atoms with Gasteiger partial charge in [-0.2, -0.15) is 0 Å². The molecular weight excluding hydrogens is 514 g/mol. The quantitative estimate of drug-likeness (QED) is 0.411. The van der Waals surface area contributed by atoms with Crippen LogP contribution in [-0.2, 0) is 11.2 Å². The Morgan fingerprint density at radius 1 is 0.878 bits per heavy atom. The summed E-state index contributed by atoms with van der Waals surface area (Å²) in [5.74, 6) is 0.953. The molecule has 0 spiro atoms. The van der Waals surface area contributed by atoms with Crippen molar-refractivity contribution in [2.24, 2.45) is 0 Å². The van der Waals surface area contributed by atoms with Gasteiger partial charge in [0, 0.05) is 43.5 Å². The second kappa shape index (κ2) is 11.1. The zero-order chi connectivity index (χ0) is 28.7. The van der Waals surface area contributed by atoms with Crippen LogP contribution in [0, 0.1) is 6.92 Å². The number of rotatable bonds is 6. The Labute approximate surface area is 242 Å². The lowest BCUT2D eigenvalue weighted by Gasteiger charge is -2.48. The maximum absolute atomic E-state index is 14.6. The van der Waals surface area contributed by atoms with Crippen LogP contribution in [0.2, 0.25) is 0 Å². The number of aryl methyl sites for hydroxylation is 1. The van der Waals surface area contributed by atoms with E-state index >= 15 is 0 Å². The van der Waals surface area contributed by atoms with Crippen LogP contribution in [0.25, 0.3) is 0 Å². The number of amides is 2. The molecule has 0 aliphatic carbocycles. The molecule has 0 saturated carbocycles. The third kappa shape index (κ3) is 4.81. The molecule has 214 valence electrons. The molecule has 0 aromatic heterocycles. The summed E-state index contributed by atoms with van der Waals surface area (Å²) in [5, 5.41) is 0. The highest BCUT2D eigenvalue weighted by molar-refractivity contribution is 6.01. The monoisotopic (exact) mass is 553 g/mol. The lowest BCUT2D eigenvalue weighted by atomic mass is 9.75. The summed E-state index contributed by atoms with van der Waals surface area (Å²) in [6.07, 6.45) is 0.708. The first-order valence-electron chi connectivity index (χ1n) is 14.9. The minimum absolute atomic E-state index is 0.00946. The fourth-order valence-electron chi connectivity index (χ4n) is 6.88. The Hall–Kier alpha value is -4.00. The van der Waals surface area contributed by atoms with E-state index in [1.165, 1.54) is 11.3 Å². The van der Waals surface area contributed by atoms with Crippen molar-refractivity contribution < 1.29 is 19.1 Å². The molecule has 1 saturated heterocycles. The predicted octanol–water partition coefficient (Wildman–Crippen LogP) is 5.37. The number of ether oxygens (including phenoxy) is 2. The number of nitrogens with zero attached hydrogens (tertiary/aromatic N) is 3. The van der Waals surface area contributed by atoms with Crippen LogP contribution in [0.1, 0.15) is 65.3 Å². The van der Waals surface area contributed by atoms with Gasteiger partial charge in [-0.05, 0) is 86.7 Å². The molecule has 3 aliphatic rings. The molecule has 6 rings (SSSR count). The molecule has 7 nitrogen and oxygen atoms in total. The lowest BCUT2D eigenvalue weighted by molar-refractivity contribution is -0.135. The summed E-state index contributed by atoms with van der Waals surface area (Å²) in [4.78, 5) is 34.7. The molecular formula is C34H39N3O4. The number of piperazine rings is 1. The Bertz CT molecular complexity index is 1470. The van der Waals surface area contributed by atoms with E-state index in [4.69, 9.17) is 9.47 Å². The van der Waals surface area contributed by atoms with E-state index in [0.717, 1.165) is 23.2 Å². The summed E-state index contributed by atoms with van der Waals surface area (Å²) < 4.78 is 11.9. The van der Waals surface area contributed by atoms with Gasteiger partial charge in [0.25, 0.3) is 5.91 Å². The van der Waals surface area contributed by atoms with Crippen molar-refractivity contribution in [2.45, 2.75) is 52.1 Å². The number of carbonyl (C=O) groups is 2. The van der Waals surface area contributed by atoms with Gasteiger partial charge >= 0.3 is 0 Å². The predicted molar refractivity (Wildman–Crippen MR) is 160 cm³/mol. The van der Waals surface area contributed by atoms with E-state index in [0.29, 0.717) is 56.3 Å². The van der Waals surface area contributed by atoms with Crippen LogP contribution in [-0.4, -0.2) is 67.0 Å². The average molecular weight is 554 g/mol. The van der Waals surface area contributed by atoms with Gasteiger partial charge in [-0.25, -0.2) is 0 Å². The van der Waals surface area contributed by atoms with E-state index in [1.807, 2.05) is 54.0 Å². The fraction of sp³-hybridized carbons (Fsp3) is 0.412. The molecule has 1 fully saturated rings. The van der Waals surface area contributed by atoms with E-state index < -0.39 is 12.0 Å². The number of hydrogen-bond donors (Lipinski definition) is 0. The largest absolute Gasteiger partial charge is 0.490 e. The van der Waals surface area contributed by atoms with Crippen LogP contribution in [0.4, 0.5) is 5.69 Å². The van der Waals surface area contributed by atoms with E-state index in [9.17, 15) is 9.59 Å². The van der Waals surface area contributed by atoms with Crippen molar-refractivity contribution in [2.75, 3.05) is 44.3 Å².